The quantitative estimate of drug-likeness (QED) is 0.699. The Labute approximate surface area is 110 Å². The molecule has 0 saturated heterocycles. The number of aromatic amines is 1. The molecule has 86 valence electrons. The van der Waals surface area contributed by atoms with E-state index in [-0.39, 0.29) is 5.56 Å². The minimum absolute atomic E-state index is 0.189. The van der Waals surface area contributed by atoms with Crippen molar-refractivity contribution in [2.24, 2.45) is 0 Å². The third-order valence-corrected chi connectivity index (χ3v) is 3.54. The third kappa shape index (κ3) is 3.04. The van der Waals surface area contributed by atoms with Gasteiger partial charge < -0.3 is 4.98 Å². The van der Waals surface area contributed by atoms with Gasteiger partial charge in [-0.3, -0.25) is 9.59 Å². The Kier molecular flexibility index (Phi) is 3.75. The van der Waals surface area contributed by atoms with Gasteiger partial charge in [-0.1, -0.05) is 27.7 Å². The highest BCUT2D eigenvalue weighted by molar-refractivity contribution is 9.10. The minimum Gasteiger partial charge on any atom is -0.301 e. The molecule has 0 aliphatic heterocycles. The Balaban J connectivity index is 2.27. The maximum Gasteiger partial charge on any atom is 0.251 e. The van der Waals surface area contributed by atoms with E-state index in [0.717, 1.165) is 15.7 Å². The van der Waals surface area contributed by atoms with Gasteiger partial charge in [-0.25, -0.2) is 4.98 Å². The van der Waals surface area contributed by atoms with Crippen molar-refractivity contribution in [2.75, 3.05) is 0 Å². The van der Waals surface area contributed by atoms with Crippen LogP contribution >= 0.6 is 27.7 Å². The maximum absolute atomic E-state index is 11.1. The number of carbonyl (C=O) groups excluding carboxylic acids is 1. The summed E-state index contributed by atoms with van der Waals surface area (Å²) in [6, 6.07) is 6.67. The second kappa shape index (κ2) is 5.29. The van der Waals surface area contributed by atoms with E-state index in [4.69, 9.17) is 0 Å². The van der Waals surface area contributed by atoms with Gasteiger partial charge >= 0.3 is 0 Å². The van der Waals surface area contributed by atoms with E-state index >= 15 is 0 Å². The average molecular weight is 311 g/mol. The molecule has 6 heteroatoms. The molecule has 17 heavy (non-hydrogen) atoms. The highest BCUT2D eigenvalue weighted by Crippen LogP contribution is 2.27. The molecule has 0 aliphatic carbocycles. The summed E-state index contributed by atoms with van der Waals surface area (Å²) in [5.41, 5.74) is 0.398. The number of nitrogens with zero attached hydrogens (tertiary/aromatic N) is 1. The monoisotopic (exact) mass is 310 g/mol. The lowest BCUT2D eigenvalue weighted by molar-refractivity contribution is 0.112. The molecule has 4 nitrogen and oxygen atoms in total. The van der Waals surface area contributed by atoms with E-state index in [1.165, 1.54) is 24.0 Å². The number of halogens is 1. The molecule has 1 aromatic heterocycles. The first kappa shape index (κ1) is 12.1. The van der Waals surface area contributed by atoms with E-state index in [9.17, 15) is 9.59 Å². The molecule has 1 heterocycles. The molecule has 1 aromatic carbocycles. The zero-order valence-corrected chi connectivity index (χ0v) is 10.9. The van der Waals surface area contributed by atoms with Crippen LogP contribution in [0.2, 0.25) is 0 Å². The van der Waals surface area contributed by atoms with Crippen molar-refractivity contribution in [1.29, 1.82) is 0 Å². The van der Waals surface area contributed by atoms with Gasteiger partial charge in [0.05, 0.1) is 0 Å². The Morgan fingerprint density at radius 1 is 1.35 bits per heavy atom. The molecule has 0 radical (unpaired) electrons. The van der Waals surface area contributed by atoms with Crippen LogP contribution in [-0.4, -0.2) is 16.3 Å². The van der Waals surface area contributed by atoms with Gasteiger partial charge in [-0.05, 0) is 18.2 Å². The van der Waals surface area contributed by atoms with Gasteiger partial charge in [0.2, 0.25) is 0 Å². The minimum atomic E-state index is -0.189. The van der Waals surface area contributed by atoms with Gasteiger partial charge in [-0.15, -0.1) is 0 Å². The zero-order chi connectivity index (χ0) is 12.3. The van der Waals surface area contributed by atoms with Crippen molar-refractivity contribution < 1.29 is 4.79 Å². The number of H-pyrrole nitrogens is 1. The lowest BCUT2D eigenvalue weighted by atomic mass is 10.2. The predicted molar refractivity (Wildman–Crippen MR) is 68.5 cm³/mol. The van der Waals surface area contributed by atoms with Gasteiger partial charge in [-0.2, -0.15) is 0 Å². The molecule has 1 N–H and O–H groups in total. The van der Waals surface area contributed by atoms with Crippen molar-refractivity contribution in [3.05, 3.63) is 50.9 Å². The average Bonchev–Trinajstić information content (AvgIpc) is 2.29. The first-order valence-corrected chi connectivity index (χ1v) is 6.28. The van der Waals surface area contributed by atoms with Crippen LogP contribution in [-0.2, 0) is 0 Å². The van der Waals surface area contributed by atoms with Crippen LogP contribution in [0.1, 0.15) is 10.4 Å². The molecule has 0 amide bonds. The van der Waals surface area contributed by atoms with Crippen molar-refractivity contribution in [2.45, 2.75) is 10.1 Å². The van der Waals surface area contributed by atoms with Gasteiger partial charge in [0.1, 0.15) is 0 Å². The van der Waals surface area contributed by atoms with Crippen molar-refractivity contribution in [1.82, 2.24) is 9.97 Å². The summed E-state index contributed by atoms with van der Waals surface area (Å²) in [6.45, 7) is 0. The summed E-state index contributed by atoms with van der Waals surface area (Å²) in [5.74, 6) is 0. The van der Waals surface area contributed by atoms with E-state index in [1.807, 2.05) is 0 Å². The first-order chi connectivity index (χ1) is 8.19. The fourth-order valence-corrected chi connectivity index (χ4v) is 2.61. The number of hydrogen-bond donors (Lipinski definition) is 1. The largest absolute Gasteiger partial charge is 0.301 e. The van der Waals surface area contributed by atoms with Crippen LogP contribution < -0.4 is 5.56 Å². The SMILES string of the molecule is O=Cc1ccc(Sc2nccc(=O)[nH]2)cc1Br. The number of benzene rings is 1. The second-order valence-electron chi connectivity index (χ2n) is 3.14. The fraction of sp³-hybridized carbons (Fsp3) is 0. The Morgan fingerprint density at radius 3 is 2.82 bits per heavy atom. The molecule has 0 unspecified atom stereocenters. The van der Waals surface area contributed by atoms with E-state index in [2.05, 4.69) is 25.9 Å². The van der Waals surface area contributed by atoms with E-state index in [0.29, 0.717) is 10.7 Å². The lowest BCUT2D eigenvalue weighted by Gasteiger charge is -2.02. The molecule has 0 aliphatic rings. The second-order valence-corrected chi connectivity index (χ2v) is 5.06. The molecule has 0 fully saturated rings. The molecule has 2 rings (SSSR count). The van der Waals surface area contributed by atoms with E-state index < -0.39 is 0 Å². The first-order valence-electron chi connectivity index (χ1n) is 4.67. The van der Waals surface area contributed by atoms with E-state index in [1.54, 1.807) is 18.2 Å². The number of hydrogen-bond acceptors (Lipinski definition) is 4. The predicted octanol–water partition coefficient (Wildman–Crippen LogP) is 2.50. The summed E-state index contributed by atoms with van der Waals surface area (Å²) in [7, 11) is 0. The van der Waals surface area contributed by atoms with Crippen LogP contribution in [0.4, 0.5) is 0 Å². The highest BCUT2D eigenvalue weighted by Gasteiger charge is 2.03. The maximum atomic E-state index is 11.1. The summed E-state index contributed by atoms with van der Waals surface area (Å²) >= 11 is 4.62. The number of nitrogens with one attached hydrogen (secondary N) is 1. The third-order valence-electron chi connectivity index (χ3n) is 1.96. The standard InChI is InChI=1S/C11H7BrN2O2S/c12-9-5-8(2-1-7(9)6-15)17-11-13-4-3-10(16)14-11/h1-6H,(H,13,14,16). The Morgan fingerprint density at radius 2 is 2.18 bits per heavy atom. The molecular weight excluding hydrogens is 304 g/mol. The van der Waals surface area contributed by atoms with Gasteiger partial charge in [0.15, 0.2) is 11.4 Å². The summed E-state index contributed by atoms with van der Waals surface area (Å²) in [5, 5.41) is 0.517. The van der Waals surface area contributed by atoms with Crippen LogP contribution in [0.25, 0.3) is 0 Å². The van der Waals surface area contributed by atoms with Crippen molar-refractivity contribution >= 4 is 34.0 Å². The normalized spacial score (nSPS) is 10.2. The molecular formula is C11H7BrN2O2S. The number of aldehydes is 1. The number of rotatable bonds is 3. The smallest absolute Gasteiger partial charge is 0.251 e. The van der Waals surface area contributed by atoms with Crippen molar-refractivity contribution in [3.8, 4) is 0 Å². The van der Waals surface area contributed by atoms with Crippen LogP contribution in [0.3, 0.4) is 0 Å². The van der Waals surface area contributed by atoms with Crippen molar-refractivity contribution in [3.63, 3.8) is 0 Å². The van der Waals surface area contributed by atoms with Gasteiger partial charge in [0.25, 0.3) is 5.56 Å². The van der Waals surface area contributed by atoms with Crippen LogP contribution in [0.5, 0.6) is 0 Å². The Bertz CT molecular complexity index is 612. The summed E-state index contributed by atoms with van der Waals surface area (Å²) in [4.78, 5) is 29.3. The lowest BCUT2D eigenvalue weighted by Crippen LogP contribution is -2.04. The number of carbonyl (C=O) groups is 1. The van der Waals surface area contributed by atoms with Crippen LogP contribution in [0, 0.1) is 0 Å². The topological polar surface area (TPSA) is 62.8 Å². The molecule has 0 atom stereocenters. The molecule has 2 aromatic rings. The zero-order valence-electron chi connectivity index (χ0n) is 8.51. The molecule has 0 bridgehead atoms. The molecule has 0 saturated carbocycles. The van der Waals surface area contributed by atoms with Crippen LogP contribution in [0.15, 0.2) is 49.8 Å². The molecule has 0 spiro atoms. The Hall–Kier alpha value is -1.40. The summed E-state index contributed by atoms with van der Waals surface area (Å²) in [6.07, 6.45) is 2.23. The highest BCUT2D eigenvalue weighted by atomic mass is 79.9. The number of aromatic nitrogens is 2. The summed E-state index contributed by atoms with van der Waals surface area (Å²) < 4.78 is 0.718. The fourth-order valence-electron chi connectivity index (χ4n) is 1.18. The van der Waals surface area contributed by atoms with Gasteiger partial charge in [0, 0.05) is 27.2 Å².